The van der Waals surface area contributed by atoms with Crippen molar-refractivity contribution < 1.29 is 13.2 Å². The lowest BCUT2D eigenvalue weighted by Gasteiger charge is -2.17. The second-order valence-electron chi connectivity index (χ2n) is 6.48. The van der Waals surface area contributed by atoms with Crippen molar-refractivity contribution in [3.05, 3.63) is 59.2 Å². The summed E-state index contributed by atoms with van der Waals surface area (Å²) < 4.78 is 26.4. The summed E-state index contributed by atoms with van der Waals surface area (Å²) in [5.41, 5.74) is 3.08. The Kier molecular flexibility index (Phi) is 6.56. The lowest BCUT2D eigenvalue weighted by molar-refractivity contribution is 0.102. The zero-order valence-electron chi connectivity index (χ0n) is 15.7. The zero-order valence-corrected chi connectivity index (χ0v) is 16.6. The van der Waals surface area contributed by atoms with Crippen molar-refractivity contribution in [1.82, 2.24) is 4.31 Å². The Morgan fingerprint density at radius 2 is 1.73 bits per heavy atom. The number of rotatable bonds is 7. The quantitative estimate of drug-likeness (QED) is 0.797. The number of aryl methyl sites for hydroxylation is 2. The molecule has 0 aliphatic rings. The molecule has 0 heterocycles. The highest BCUT2D eigenvalue weighted by molar-refractivity contribution is 7.89. The smallest absolute Gasteiger partial charge is 0.255 e. The Bertz CT molecular complexity index is 874. The third-order valence-corrected chi connectivity index (χ3v) is 6.16. The van der Waals surface area contributed by atoms with Gasteiger partial charge in [-0.1, -0.05) is 31.0 Å². The molecule has 26 heavy (non-hydrogen) atoms. The average molecular weight is 375 g/mol. The third kappa shape index (κ3) is 4.71. The molecule has 6 heteroatoms. The summed E-state index contributed by atoms with van der Waals surface area (Å²) in [6.07, 6.45) is 1.75. The van der Waals surface area contributed by atoms with Crippen LogP contribution in [0.4, 0.5) is 5.69 Å². The lowest BCUT2D eigenvalue weighted by atomic mass is 10.1. The van der Waals surface area contributed by atoms with Crippen LogP contribution in [0.15, 0.2) is 47.4 Å². The van der Waals surface area contributed by atoms with E-state index in [4.69, 9.17) is 0 Å². The summed E-state index contributed by atoms with van der Waals surface area (Å²) in [6.45, 7) is 6.33. The Hall–Kier alpha value is -2.18. The molecule has 1 amide bonds. The van der Waals surface area contributed by atoms with Gasteiger partial charge in [0.1, 0.15) is 0 Å². The predicted molar refractivity (Wildman–Crippen MR) is 105 cm³/mol. The third-order valence-electron chi connectivity index (χ3n) is 4.28. The molecule has 2 aromatic rings. The van der Waals surface area contributed by atoms with Crippen molar-refractivity contribution >= 4 is 21.6 Å². The number of hydrogen-bond acceptors (Lipinski definition) is 3. The van der Waals surface area contributed by atoms with Crippen LogP contribution in [0.2, 0.25) is 0 Å². The van der Waals surface area contributed by atoms with E-state index in [0.29, 0.717) is 17.8 Å². The topological polar surface area (TPSA) is 66.5 Å². The minimum Gasteiger partial charge on any atom is -0.322 e. The van der Waals surface area contributed by atoms with E-state index in [-0.39, 0.29) is 10.8 Å². The Morgan fingerprint density at radius 3 is 2.35 bits per heavy atom. The van der Waals surface area contributed by atoms with Crippen molar-refractivity contribution in [2.75, 3.05) is 18.9 Å². The molecule has 0 spiro atoms. The number of nitrogens with one attached hydrogen (secondary N) is 1. The van der Waals surface area contributed by atoms with Crippen LogP contribution in [0.3, 0.4) is 0 Å². The van der Waals surface area contributed by atoms with Crippen LogP contribution in [0.1, 0.15) is 41.3 Å². The molecule has 140 valence electrons. The van der Waals surface area contributed by atoms with E-state index >= 15 is 0 Å². The number of nitrogens with zero attached hydrogens (tertiary/aromatic N) is 1. The molecule has 5 nitrogen and oxygen atoms in total. The first-order valence-electron chi connectivity index (χ1n) is 8.70. The molecule has 2 rings (SSSR count). The van der Waals surface area contributed by atoms with Crippen LogP contribution in [0, 0.1) is 13.8 Å². The number of carbonyl (C=O) groups is 1. The van der Waals surface area contributed by atoms with Crippen molar-refractivity contribution in [3.63, 3.8) is 0 Å². The monoisotopic (exact) mass is 374 g/mol. The molecule has 1 N–H and O–H groups in total. The van der Waals surface area contributed by atoms with Gasteiger partial charge in [-0.05, 0) is 56.2 Å². The van der Waals surface area contributed by atoms with E-state index in [1.54, 1.807) is 19.2 Å². The SMILES string of the molecule is CCCCN(C)S(=O)(=O)c1ccc(NC(=O)c2cc(C)ccc2C)cc1. The van der Waals surface area contributed by atoms with Crippen molar-refractivity contribution in [1.29, 1.82) is 0 Å². The van der Waals surface area contributed by atoms with E-state index in [1.165, 1.54) is 16.4 Å². The number of benzene rings is 2. The van der Waals surface area contributed by atoms with Crippen molar-refractivity contribution in [2.45, 2.75) is 38.5 Å². The van der Waals surface area contributed by atoms with Gasteiger partial charge < -0.3 is 5.32 Å². The van der Waals surface area contributed by atoms with Gasteiger partial charge in [-0.3, -0.25) is 4.79 Å². The number of sulfonamides is 1. The second kappa shape index (κ2) is 8.47. The van der Waals surface area contributed by atoms with E-state index in [2.05, 4.69) is 5.32 Å². The van der Waals surface area contributed by atoms with Gasteiger partial charge in [-0.25, -0.2) is 12.7 Å². The maximum Gasteiger partial charge on any atom is 0.255 e. The molecule has 0 bridgehead atoms. The molecular weight excluding hydrogens is 348 g/mol. The minimum absolute atomic E-state index is 0.207. The van der Waals surface area contributed by atoms with E-state index < -0.39 is 10.0 Å². The standard InChI is InChI=1S/C20H26N2O3S/c1-5-6-13-22(4)26(24,25)18-11-9-17(10-12-18)21-20(23)19-14-15(2)7-8-16(19)3/h7-12,14H,5-6,13H2,1-4H3,(H,21,23). The largest absolute Gasteiger partial charge is 0.322 e. The van der Waals surface area contributed by atoms with Gasteiger partial charge in [0, 0.05) is 24.8 Å². The normalized spacial score (nSPS) is 11.6. The van der Waals surface area contributed by atoms with Gasteiger partial charge in [0.2, 0.25) is 10.0 Å². The van der Waals surface area contributed by atoms with Gasteiger partial charge in [0.25, 0.3) is 5.91 Å². The summed E-state index contributed by atoms with van der Waals surface area (Å²) in [4.78, 5) is 12.7. The summed E-state index contributed by atoms with van der Waals surface area (Å²) in [6, 6.07) is 12.0. The Labute approximate surface area is 156 Å². The van der Waals surface area contributed by atoms with Crippen LogP contribution >= 0.6 is 0 Å². The minimum atomic E-state index is -3.50. The lowest BCUT2D eigenvalue weighted by Crippen LogP contribution is -2.27. The summed E-state index contributed by atoms with van der Waals surface area (Å²) in [5, 5.41) is 2.82. The number of amides is 1. The fourth-order valence-electron chi connectivity index (χ4n) is 2.57. The van der Waals surface area contributed by atoms with Crippen LogP contribution in [0.25, 0.3) is 0 Å². The molecule has 0 fully saturated rings. The molecule has 0 aromatic heterocycles. The zero-order chi connectivity index (χ0) is 19.3. The van der Waals surface area contributed by atoms with Gasteiger partial charge in [-0.15, -0.1) is 0 Å². The fourth-order valence-corrected chi connectivity index (χ4v) is 3.78. The average Bonchev–Trinajstić information content (AvgIpc) is 2.62. The highest BCUT2D eigenvalue weighted by Crippen LogP contribution is 2.19. The molecule has 0 radical (unpaired) electrons. The molecule has 0 aliphatic carbocycles. The van der Waals surface area contributed by atoms with Crippen LogP contribution in [-0.4, -0.2) is 32.2 Å². The molecule has 2 aromatic carbocycles. The highest BCUT2D eigenvalue weighted by Gasteiger charge is 2.20. The van der Waals surface area contributed by atoms with E-state index in [0.717, 1.165) is 24.0 Å². The molecular formula is C20H26N2O3S. The van der Waals surface area contributed by atoms with Gasteiger partial charge in [0.05, 0.1) is 4.90 Å². The van der Waals surface area contributed by atoms with E-state index in [1.807, 2.05) is 39.0 Å². The number of carbonyl (C=O) groups excluding carboxylic acids is 1. The number of anilines is 1. The Balaban J connectivity index is 2.14. The molecule has 0 saturated carbocycles. The van der Waals surface area contributed by atoms with Crippen molar-refractivity contribution in [2.24, 2.45) is 0 Å². The van der Waals surface area contributed by atoms with Crippen molar-refractivity contribution in [3.8, 4) is 0 Å². The summed E-state index contributed by atoms with van der Waals surface area (Å²) in [7, 11) is -1.92. The van der Waals surface area contributed by atoms with Crippen LogP contribution in [-0.2, 0) is 10.0 Å². The Morgan fingerprint density at radius 1 is 1.08 bits per heavy atom. The summed E-state index contributed by atoms with van der Waals surface area (Å²) >= 11 is 0. The van der Waals surface area contributed by atoms with Gasteiger partial charge in [-0.2, -0.15) is 0 Å². The first kappa shape index (κ1) is 20.1. The number of unbranched alkanes of at least 4 members (excludes halogenated alkanes) is 1. The molecule has 0 atom stereocenters. The van der Waals surface area contributed by atoms with E-state index in [9.17, 15) is 13.2 Å². The number of hydrogen-bond donors (Lipinski definition) is 1. The van der Waals surface area contributed by atoms with Gasteiger partial charge in [0.15, 0.2) is 0 Å². The first-order chi connectivity index (χ1) is 12.3. The maximum absolute atomic E-state index is 12.5. The van der Waals surface area contributed by atoms with Crippen LogP contribution < -0.4 is 5.32 Å². The van der Waals surface area contributed by atoms with Gasteiger partial charge >= 0.3 is 0 Å². The fraction of sp³-hybridized carbons (Fsp3) is 0.350. The molecule has 0 unspecified atom stereocenters. The summed E-state index contributed by atoms with van der Waals surface area (Å²) in [5.74, 6) is -0.207. The second-order valence-corrected chi connectivity index (χ2v) is 8.52. The predicted octanol–water partition coefficient (Wildman–Crippen LogP) is 3.98. The molecule has 0 aliphatic heterocycles. The maximum atomic E-state index is 12.5. The molecule has 0 saturated heterocycles. The van der Waals surface area contributed by atoms with Crippen LogP contribution in [0.5, 0.6) is 0 Å². The highest BCUT2D eigenvalue weighted by atomic mass is 32.2. The first-order valence-corrected chi connectivity index (χ1v) is 10.1.